The van der Waals surface area contributed by atoms with Gasteiger partial charge in [0.05, 0.1) is 24.7 Å². The predicted molar refractivity (Wildman–Crippen MR) is 133 cm³/mol. The van der Waals surface area contributed by atoms with Gasteiger partial charge in [0.15, 0.2) is 17.3 Å². The third-order valence-corrected chi connectivity index (χ3v) is 7.22. The lowest BCUT2D eigenvalue weighted by Gasteiger charge is -2.30. The van der Waals surface area contributed by atoms with Gasteiger partial charge in [-0.2, -0.15) is 8.42 Å². The minimum atomic E-state index is -4.53. The number of nitrogens with one attached hydrogen (secondary N) is 1. The van der Waals surface area contributed by atoms with Crippen molar-refractivity contribution < 1.29 is 36.6 Å². The van der Waals surface area contributed by atoms with Crippen LogP contribution in [0.4, 0.5) is 5.69 Å². The lowest BCUT2D eigenvalue weighted by atomic mass is 9.79. The second kappa shape index (κ2) is 10.6. The zero-order chi connectivity index (χ0) is 27.7. The van der Waals surface area contributed by atoms with Crippen molar-refractivity contribution in [2.24, 2.45) is 0 Å². The second-order valence-electron chi connectivity index (χ2n) is 8.00. The van der Waals surface area contributed by atoms with E-state index in [4.69, 9.17) is 25.3 Å². The number of esters is 1. The summed E-state index contributed by atoms with van der Waals surface area (Å²) in [5.74, 6) is -2.00. The van der Waals surface area contributed by atoms with Crippen LogP contribution in [0, 0.1) is 10.1 Å². The Hall–Kier alpha value is -3.90. The molecule has 0 fully saturated rings. The van der Waals surface area contributed by atoms with E-state index in [1.54, 1.807) is 13.8 Å². The van der Waals surface area contributed by atoms with Gasteiger partial charge in [-0.25, -0.2) is 4.79 Å². The third-order valence-electron chi connectivity index (χ3n) is 5.67. The van der Waals surface area contributed by atoms with Gasteiger partial charge in [-0.1, -0.05) is 17.7 Å². The number of carbonyl (C=O) groups is 2. The fraction of sp³-hybridized carbons (Fsp3) is 0.250. The Kier molecular flexibility index (Phi) is 7.94. The number of Topliss-reactive ketones (excluding diaryl/α,β-unsaturated/α-hetero) is 1. The molecule has 3 rings (SSSR count). The summed E-state index contributed by atoms with van der Waals surface area (Å²) in [5, 5.41) is 14.0. The summed E-state index contributed by atoms with van der Waals surface area (Å²) < 4.78 is 41.3. The lowest BCUT2D eigenvalue weighted by molar-refractivity contribution is -0.384. The van der Waals surface area contributed by atoms with Crippen LogP contribution >= 0.6 is 11.6 Å². The summed E-state index contributed by atoms with van der Waals surface area (Å²) in [6, 6.07) is 7.17. The number of carbonyl (C=O) groups excluding carboxylic acids is 2. The minimum Gasteiger partial charge on any atom is -0.493 e. The third kappa shape index (κ3) is 5.44. The molecule has 1 atom stereocenters. The van der Waals surface area contributed by atoms with Crippen LogP contribution in [0.1, 0.15) is 32.3 Å². The van der Waals surface area contributed by atoms with Crippen LogP contribution in [-0.2, 0) is 24.4 Å². The number of nitro benzene ring substituents is 1. The van der Waals surface area contributed by atoms with E-state index in [9.17, 15) is 28.1 Å². The highest BCUT2D eigenvalue weighted by atomic mass is 35.5. The van der Waals surface area contributed by atoms with Crippen molar-refractivity contribution in [2.45, 2.75) is 31.6 Å². The average molecular weight is 551 g/mol. The van der Waals surface area contributed by atoms with Crippen LogP contribution < -0.4 is 14.2 Å². The number of halogens is 1. The molecule has 1 N–H and O–H groups in total. The molecule has 37 heavy (non-hydrogen) atoms. The van der Waals surface area contributed by atoms with Gasteiger partial charge < -0.3 is 19.0 Å². The SMILES string of the molecule is COC(=O)C1=C(C)NC(C)=C(C(C)=O)C1c1ccc(OS(=O)(=O)c2ccc(Cl)c([N+](=O)[O-])c2)c(OC)c1. The first-order valence-corrected chi connectivity index (χ1v) is 12.4. The van der Waals surface area contributed by atoms with Gasteiger partial charge in [-0.05, 0) is 50.6 Å². The number of hydrogen-bond acceptors (Lipinski definition) is 10. The van der Waals surface area contributed by atoms with E-state index in [2.05, 4.69) is 5.32 Å². The Morgan fingerprint density at radius 1 is 1.03 bits per heavy atom. The standard InChI is InChI=1S/C24H23ClN2O9S/c1-12-21(14(3)28)23(22(13(2)26-12)24(29)35-5)15-6-9-19(20(10-15)34-4)36-37(32,33)16-7-8-17(25)18(11-16)27(30)31/h6-11,23,26H,1-5H3. The Balaban J connectivity index is 2.10. The monoisotopic (exact) mass is 550 g/mol. The molecule has 1 heterocycles. The number of allylic oxidation sites excluding steroid dienone is 3. The second-order valence-corrected chi connectivity index (χ2v) is 9.95. The van der Waals surface area contributed by atoms with Crippen LogP contribution in [0.5, 0.6) is 11.5 Å². The Labute approximate surface area is 217 Å². The number of ketones is 1. The van der Waals surface area contributed by atoms with Gasteiger partial charge >= 0.3 is 16.1 Å². The van der Waals surface area contributed by atoms with Gasteiger partial charge in [0.1, 0.15) is 9.92 Å². The zero-order valence-corrected chi connectivity index (χ0v) is 22.0. The van der Waals surface area contributed by atoms with Gasteiger partial charge in [-0.15, -0.1) is 0 Å². The van der Waals surface area contributed by atoms with Crippen molar-refractivity contribution in [3.63, 3.8) is 0 Å². The molecule has 0 spiro atoms. The molecule has 2 aromatic rings. The first-order chi connectivity index (χ1) is 17.3. The summed E-state index contributed by atoms with van der Waals surface area (Å²) in [5.41, 5.74) is 1.41. The van der Waals surface area contributed by atoms with Crippen LogP contribution in [0.25, 0.3) is 0 Å². The van der Waals surface area contributed by atoms with Gasteiger partial charge in [0, 0.05) is 29.0 Å². The molecule has 0 amide bonds. The lowest BCUT2D eigenvalue weighted by Crippen LogP contribution is -2.31. The van der Waals surface area contributed by atoms with Crippen LogP contribution in [0.2, 0.25) is 5.02 Å². The molecule has 0 aromatic heterocycles. The van der Waals surface area contributed by atoms with E-state index < -0.39 is 37.5 Å². The van der Waals surface area contributed by atoms with E-state index >= 15 is 0 Å². The summed E-state index contributed by atoms with van der Waals surface area (Å²) in [7, 11) is -2.02. The molecule has 0 saturated heterocycles. The fourth-order valence-electron chi connectivity index (χ4n) is 4.06. The van der Waals surface area contributed by atoms with E-state index in [1.165, 1.54) is 39.3 Å². The minimum absolute atomic E-state index is 0.0227. The summed E-state index contributed by atoms with van der Waals surface area (Å²) in [6.45, 7) is 4.75. The number of dihydropyridines is 1. The molecule has 0 saturated carbocycles. The smallest absolute Gasteiger partial charge is 0.339 e. The number of nitro groups is 1. The van der Waals surface area contributed by atoms with Crippen molar-refractivity contribution in [1.29, 1.82) is 0 Å². The Bertz CT molecular complexity index is 1480. The molecule has 0 bridgehead atoms. The maximum atomic E-state index is 12.9. The number of methoxy groups -OCH3 is 2. The number of rotatable bonds is 8. The van der Waals surface area contributed by atoms with E-state index in [0.29, 0.717) is 22.5 Å². The number of nitrogens with zero attached hydrogens (tertiary/aromatic N) is 1. The van der Waals surface area contributed by atoms with E-state index in [0.717, 1.165) is 18.2 Å². The zero-order valence-electron chi connectivity index (χ0n) is 20.4. The molecule has 11 nitrogen and oxygen atoms in total. The molecular formula is C24H23ClN2O9S. The molecule has 196 valence electrons. The quantitative estimate of drug-likeness (QED) is 0.221. The molecule has 13 heteroatoms. The van der Waals surface area contributed by atoms with Crippen LogP contribution in [-0.4, -0.2) is 39.3 Å². The fourth-order valence-corrected chi connectivity index (χ4v) is 5.21. The molecular weight excluding hydrogens is 528 g/mol. The van der Waals surface area contributed by atoms with Gasteiger partial charge in [-0.3, -0.25) is 14.9 Å². The summed E-state index contributed by atoms with van der Waals surface area (Å²) in [4.78, 5) is 35.1. The van der Waals surface area contributed by atoms with Gasteiger partial charge in [0.25, 0.3) is 5.69 Å². The van der Waals surface area contributed by atoms with Crippen molar-refractivity contribution >= 4 is 39.2 Å². The van der Waals surface area contributed by atoms with Gasteiger partial charge in [0.2, 0.25) is 0 Å². The molecule has 1 aliphatic heterocycles. The van der Waals surface area contributed by atoms with Crippen LogP contribution in [0.15, 0.2) is 63.8 Å². The maximum absolute atomic E-state index is 12.9. The molecule has 0 radical (unpaired) electrons. The maximum Gasteiger partial charge on any atom is 0.339 e. The molecule has 0 aliphatic carbocycles. The highest BCUT2D eigenvalue weighted by Gasteiger charge is 2.36. The highest BCUT2D eigenvalue weighted by Crippen LogP contribution is 2.42. The van der Waals surface area contributed by atoms with E-state index in [1.807, 2.05) is 0 Å². The largest absolute Gasteiger partial charge is 0.493 e. The normalized spacial score (nSPS) is 15.7. The molecule has 2 aromatic carbocycles. The molecule has 1 aliphatic rings. The van der Waals surface area contributed by atoms with Crippen molar-refractivity contribution in [1.82, 2.24) is 5.32 Å². The topological polar surface area (TPSA) is 151 Å². The predicted octanol–water partition coefficient (Wildman–Crippen LogP) is 4.02. The first kappa shape index (κ1) is 27.7. The first-order valence-electron chi connectivity index (χ1n) is 10.7. The molecule has 1 unspecified atom stereocenters. The van der Waals surface area contributed by atoms with Crippen molar-refractivity contribution in [3.05, 3.63) is 79.6 Å². The van der Waals surface area contributed by atoms with Crippen molar-refractivity contribution in [2.75, 3.05) is 14.2 Å². The highest BCUT2D eigenvalue weighted by molar-refractivity contribution is 7.87. The Morgan fingerprint density at radius 3 is 2.24 bits per heavy atom. The van der Waals surface area contributed by atoms with E-state index in [-0.39, 0.29) is 27.9 Å². The Morgan fingerprint density at radius 2 is 1.68 bits per heavy atom. The summed E-state index contributed by atoms with van der Waals surface area (Å²) in [6.07, 6.45) is 0. The number of ether oxygens (including phenoxy) is 2. The average Bonchev–Trinajstić information content (AvgIpc) is 2.82. The number of hydrogen-bond donors (Lipinski definition) is 1. The number of benzene rings is 2. The van der Waals surface area contributed by atoms with Crippen molar-refractivity contribution in [3.8, 4) is 11.5 Å². The van der Waals surface area contributed by atoms with Crippen LogP contribution in [0.3, 0.4) is 0 Å². The summed E-state index contributed by atoms with van der Waals surface area (Å²) >= 11 is 5.77.